The Labute approximate surface area is 123 Å². The van der Waals surface area contributed by atoms with Gasteiger partial charge in [0.15, 0.2) is 6.29 Å². The van der Waals surface area contributed by atoms with Crippen LogP contribution in [0.2, 0.25) is 0 Å². The summed E-state index contributed by atoms with van der Waals surface area (Å²) < 4.78 is 6.02. The van der Waals surface area contributed by atoms with Crippen molar-refractivity contribution in [2.75, 3.05) is 6.61 Å². The summed E-state index contributed by atoms with van der Waals surface area (Å²) in [5.41, 5.74) is 5.12. The molecular formula is C17H18O2S. The summed E-state index contributed by atoms with van der Waals surface area (Å²) in [6.45, 7) is 4.98. The van der Waals surface area contributed by atoms with Crippen LogP contribution in [0.3, 0.4) is 0 Å². The van der Waals surface area contributed by atoms with Crippen LogP contribution in [-0.4, -0.2) is 12.9 Å². The van der Waals surface area contributed by atoms with Crippen LogP contribution < -0.4 is 0 Å². The topological polar surface area (TPSA) is 26.3 Å². The van der Waals surface area contributed by atoms with Gasteiger partial charge in [-0.25, -0.2) is 0 Å². The number of carbonyl (C=O) groups is 1. The van der Waals surface area contributed by atoms with Gasteiger partial charge in [-0.2, -0.15) is 0 Å². The molecule has 1 atom stereocenters. The number of ether oxygens (including phenoxy) is 1. The SMILES string of the molecule is CCc1ccc2c(c1)C(c1cc(C=O)sc1C)OCC2. The smallest absolute Gasteiger partial charge is 0.160 e. The number of rotatable bonds is 3. The van der Waals surface area contributed by atoms with Crippen molar-refractivity contribution >= 4 is 17.6 Å². The molecule has 0 bridgehead atoms. The van der Waals surface area contributed by atoms with Crippen molar-refractivity contribution in [1.29, 1.82) is 0 Å². The first-order valence-corrected chi connectivity index (χ1v) is 7.83. The van der Waals surface area contributed by atoms with E-state index in [2.05, 4.69) is 32.0 Å². The predicted molar refractivity (Wildman–Crippen MR) is 81.8 cm³/mol. The zero-order valence-corrected chi connectivity index (χ0v) is 12.6. The summed E-state index contributed by atoms with van der Waals surface area (Å²) in [4.78, 5) is 12.9. The molecule has 0 radical (unpaired) electrons. The van der Waals surface area contributed by atoms with Crippen molar-refractivity contribution < 1.29 is 9.53 Å². The highest BCUT2D eigenvalue weighted by atomic mass is 32.1. The Morgan fingerprint density at radius 3 is 2.90 bits per heavy atom. The lowest BCUT2D eigenvalue weighted by molar-refractivity contribution is 0.0697. The molecule has 1 aromatic heterocycles. The summed E-state index contributed by atoms with van der Waals surface area (Å²) in [5, 5.41) is 0. The Balaban J connectivity index is 2.08. The van der Waals surface area contributed by atoms with Gasteiger partial charge in [-0.15, -0.1) is 11.3 Å². The van der Waals surface area contributed by atoms with Crippen molar-refractivity contribution in [2.45, 2.75) is 32.8 Å². The summed E-state index contributed by atoms with van der Waals surface area (Å²) in [5.74, 6) is 0. The van der Waals surface area contributed by atoms with Crippen LogP contribution in [0.4, 0.5) is 0 Å². The van der Waals surface area contributed by atoms with E-state index in [1.165, 1.54) is 21.6 Å². The molecule has 2 aromatic rings. The van der Waals surface area contributed by atoms with Crippen molar-refractivity contribution in [3.8, 4) is 0 Å². The zero-order chi connectivity index (χ0) is 14.1. The first-order valence-electron chi connectivity index (χ1n) is 7.01. The van der Waals surface area contributed by atoms with Gasteiger partial charge in [0.25, 0.3) is 0 Å². The molecule has 3 rings (SSSR count). The van der Waals surface area contributed by atoms with Crippen molar-refractivity contribution in [2.24, 2.45) is 0 Å². The van der Waals surface area contributed by atoms with E-state index in [1.807, 2.05) is 6.07 Å². The third-order valence-electron chi connectivity index (χ3n) is 3.93. The lowest BCUT2D eigenvalue weighted by Crippen LogP contribution is -2.17. The minimum absolute atomic E-state index is 0.0183. The number of thiophene rings is 1. The van der Waals surface area contributed by atoms with E-state index < -0.39 is 0 Å². The molecule has 2 heterocycles. The Hall–Kier alpha value is -1.45. The maximum absolute atomic E-state index is 11.0. The second-order valence-corrected chi connectivity index (χ2v) is 6.45. The fourth-order valence-electron chi connectivity index (χ4n) is 2.81. The average molecular weight is 286 g/mol. The van der Waals surface area contributed by atoms with Gasteiger partial charge >= 0.3 is 0 Å². The molecule has 0 N–H and O–H groups in total. The molecule has 0 amide bonds. The van der Waals surface area contributed by atoms with E-state index in [4.69, 9.17) is 4.74 Å². The lowest BCUT2D eigenvalue weighted by Gasteiger charge is -2.27. The van der Waals surface area contributed by atoms with E-state index in [9.17, 15) is 4.79 Å². The van der Waals surface area contributed by atoms with Gasteiger partial charge in [0.2, 0.25) is 0 Å². The highest BCUT2D eigenvalue weighted by Gasteiger charge is 2.25. The summed E-state index contributed by atoms with van der Waals surface area (Å²) in [6, 6.07) is 8.67. The summed E-state index contributed by atoms with van der Waals surface area (Å²) in [6.07, 6.45) is 2.91. The van der Waals surface area contributed by atoms with Gasteiger partial charge in [0.1, 0.15) is 6.10 Å². The number of hydrogen-bond acceptors (Lipinski definition) is 3. The van der Waals surface area contributed by atoms with Gasteiger partial charge in [-0.1, -0.05) is 25.1 Å². The molecule has 3 heteroatoms. The first-order chi connectivity index (χ1) is 9.72. The molecule has 0 saturated heterocycles. The second-order valence-electron chi connectivity index (χ2n) is 5.17. The fraction of sp³-hybridized carbons (Fsp3) is 0.353. The zero-order valence-electron chi connectivity index (χ0n) is 11.8. The van der Waals surface area contributed by atoms with E-state index in [1.54, 1.807) is 11.3 Å². The normalized spacial score (nSPS) is 17.8. The van der Waals surface area contributed by atoms with Crippen molar-refractivity contribution in [1.82, 2.24) is 0 Å². The Kier molecular flexibility index (Phi) is 3.72. The standard InChI is InChI=1S/C17H18O2S/c1-3-12-4-5-13-6-7-19-17(16(13)8-12)15-9-14(10-18)20-11(15)2/h4-5,8-10,17H,3,6-7H2,1-2H3. The van der Waals surface area contributed by atoms with E-state index >= 15 is 0 Å². The molecule has 1 unspecified atom stereocenters. The van der Waals surface area contributed by atoms with Crippen molar-refractivity contribution in [3.63, 3.8) is 0 Å². The molecular weight excluding hydrogens is 268 g/mol. The van der Waals surface area contributed by atoms with Crippen LogP contribution in [0, 0.1) is 6.92 Å². The molecule has 2 nitrogen and oxygen atoms in total. The molecule has 0 aliphatic carbocycles. The van der Waals surface area contributed by atoms with Gasteiger partial charge in [-0.05, 0) is 48.1 Å². The van der Waals surface area contributed by atoms with Crippen LogP contribution >= 0.6 is 11.3 Å². The molecule has 0 saturated carbocycles. The Morgan fingerprint density at radius 2 is 2.20 bits per heavy atom. The molecule has 20 heavy (non-hydrogen) atoms. The quantitative estimate of drug-likeness (QED) is 0.794. The average Bonchev–Trinajstić information content (AvgIpc) is 2.87. The number of aldehydes is 1. The highest BCUT2D eigenvalue weighted by Crippen LogP contribution is 2.37. The largest absolute Gasteiger partial charge is 0.368 e. The number of aryl methyl sites for hydroxylation is 2. The van der Waals surface area contributed by atoms with Crippen LogP contribution in [0.25, 0.3) is 0 Å². The summed E-state index contributed by atoms with van der Waals surface area (Å²) >= 11 is 1.54. The van der Waals surface area contributed by atoms with Crippen LogP contribution in [-0.2, 0) is 17.6 Å². The van der Waals surface area contributed by atoms with Gasteiger partial charge in [0, 0.05) is 4.88 Å². The minimum atomic E-state index is -0.0183. The van der Waals surface area contributed by atoms with Crippen LogP contribution in [0.15, 0.2) is 24.3 Å². The number of fused-ring (bicyclic) bond motifs is 1. The maximum Gasteiger partial charge on any atom is 0.160 e. The minimum Gasteiger partial charge on any atom is -0.368 e. The van der Waals surface area contributed by atoms with E-state index in [0.717, 1.165) is 36.2 Å². The summed E-state index contributed by atoms with van der Waals surface area (Å²) in [7, 11) is 0. The van der Waals surface area contributed by atoms with Crippen molar-refractivity contribution in [3.05, 3.63) is 56.3 Å². The van der Waals surface area contributed by atoms with Crippen LogP contribution in [0.5, 0.6) is 0 Å². The molecule has 1 aromatic carbocycles. The highest BCUT2D eigenvalue weighted by molar-refractivity contribution is 7.13. The predicted octanol–water partition coefficient (Wildman–Crippen LogP) is 4.09. The molecule has 0 spiro atoms. The van der Waals surface area contributed by atoms with Gasteiger partial charge in [0.05, 0.1) is 11.5 Å². The van der Waals surface area contributed by atoms with E-state index in [-0.39, 0.29) is 6.10 Å². The number of hydrogen-bond donors (Lipinski definition) is 0. The first kappa shape index (κ1) is 13.5. The number of benzene rings is 1. The Morgan fingerprint density at radius 1 is 1.35 bits per heavy atom. The molecule has 0 fully saturated rings. The second kappa shape index (κ2) is 5.51. The van der Waals surface area contributed by atoms with Gasteiger partial charge < -0.3 is 4.74 Å². The third kappa shape index (κ3) is 2.32. The molecule has 1 aliphatic rings. The Bertz CT molecular complexity index is 642. The molecule has 104 valence electrons. The maximum atomic E-state index is 11.0. The monoisotopic (exact) mass is 286 g/mol. The number of carbonyl (C=O) groups excluding carboxylic acids is 1. The molecule has 1 aliphatic heterocycles. The fourth-order valence-corrected chi connectivity index (χ4v) is 3.68. The lowest BCUT2D eigenvalue weighted by atomic mass is 9.91. The van der Waals surface area contributed by atoms with Gasteiger partial charge in [-0.3, -0.25) is 4.79 Å². The third-order valence-corrected chi connectivity index (χ3v) is 4.92. The van der Waals surface area contributed by atoms with Crippen LogP contribution in [0.1, 0.15) is 49.8 Å². The van der Waals surface area contributed by atoms with E-state index in [0.29, 0.717) is 0 Å².